The number of nitrogens with zero attached hydrogens (tertiary/aromatic N) is 1. The minimum atomic E-state index is -3.43. The van der Waals surface area contributed by atoms with E-state index >= 15 is 0 Å². The van der Waals surface area contributed by atoms with Gasteiger partial charge in [0.1, 0.15) is 0 Å². The van der Waals surface area contributed by atoms with Crippen LogP contribution in [0.15, 0.2) is 23.1 Å². The first-order chi connectivity index (χ1) is 9.96. The first-order valence-corrected chi connectivity index (χ1v) is 9.20. The molecule has 1 aromatic carbocycles. The lowest BCUT2D eigenvalue weighted by Crippen LogP contribution is -2.40. The van der Waals surface area contributed by atoms with Gasteiger partial charge in [0.25, 0.3) is 0 Å². The Kier molecular flexibility index (Phi) is 5.41. The highest BCUT2D eigenvalue weighted by Gasteiger charge is 2.33. The van der Waals surface area contributed by atoms with Gasteiger partial charge >= 0.3 is 0 Å². The molecule has 5 heteroatoms. The lowest BCUT2D eigenvalue weighted by Gasteiger charge is -2.28. The van der Waals surface area contributed by atoms with Crippen molar-refractivity contribution < 1.29 is 8.42 Å². The van der Waals surface area contributed by atoms with Crippen LogP contribution in [0.2, 0.25) is 0 Å². The van der Waals surface area contributed by atoms with Gasteiger partial charge in [0.15, 0.2) is 0 Å². The first kappa shape index (κ1) is 16.5. The Morgan fingerprint density at radius 3 is 2.52 bits per heavy atom. The summed E-state index contributed by atoms with van der Waals surface area (Å²) in [4.78, 5) is 0.450. The van der Waals surface area contributed by atoms with Crippen molar-refractivity contribution in [3.8, 4) is 0 Å². The molecule has 4 nitrogen and oxygen atoms in total. The Bertz CT molecular complexity index is 578. The normalized spacial score (nSPS) is 16.8. The van der Waals surface area contributed by atoms with E-state index in [1.54, 1.807) is 10.4 Å². The molecule has 2 rings (SSSR count). The molecule has 1 fully saturated rings. The maximum atomic E-state index is 13.1. The van der Waals surface area contributed by atoms with Crippen LogP contribution in [-0.4, -0.2) is 31.9 Å². The van der Waals surface area contributed by atoms with Crippen LogP contribution in [0.1, 0.15) is 43.2 Å². The van der Waals surface area contributed by atoms with Crippen LogP contribution in [0.4, 0.5) is 0 Å². The Balaban J connectivity index is 2.38. The number of hydrogen-bond acceptors (Lipinski definition) is 3. The van der Waals surface area contributed by atoms with Gasteiger partial charge in [-0.15, -0.1) is 0 Å². The maximum absolute atomic E-state index is 13.1. The van der Waals surface area contributed by atoms with Crippen molar-refractivity contribution in [1.29, 1.82) is 0 Å². The molecule has 0 bridgehead atoms. The Morgan fingerprint density at radius 2 is 1.90 bits per heavy atom. The lowest BCUT2D eigenvalue weighted by atomic mass is 10.2. The number of nitrogens with two attached hydrogens (primary N) is 1. The molecular weight excluding hydrogens is 284 g/mol. The van der Waals surface area contributed by atoms with Gasteiger partial charge in [-0.2, -0.15) is 4.31 Å². The van der Waals surface area contributed by atoms with Crippen molar-refractivity contribution in [2.24, 2.45) is 5.73 Å². The molecule has 1 aliphatic carbocycles. The first-order valence-electron chi connectivity index (χ1n) is 7.76. The molecular formula is C16H26N2O2S. The van der Waals surface area contributed by atoms with E-state index in [0.717, 1.165) is 36.8 Å². The van der Waals surface area contributed by atoms with E-state index in [9.17, 15) is 8.42 Å². The molecule has 1 aromatic rings. The third-order valence-electron chi connectivity index (χ3n) is 4.24. The number of sulfonamides is 1. The van der Waals surface area contributed by atoms with Gasteiger partial charge in [-0.25, -0.2) is 8.42 Å². The summed E-state index contributed by atoms with van der Waals surface area (Å²) in [5.74, 6) is 0. The van der Waals surface area contributed by atoms with Crippen molar-refractivity contribution in [3.63, 3.8) is 0 Å². The van der Waals surface area contributed by atoms with Gasteiger partial charge in [0, 0.05) is 12.6 Å². The highest BCUT2D eigenvalue weighted by Crippen LogP contribution is 2.30. The van der Waals surface area contributed by atoms with E-state index in [1.807, 2.05) is 26.0 Å². The summed E-state index contributed by atoms with van der Waals surface area (Å²) in [6.07, 6.45) is 4.88. The van der Waals surface area contributed by atoms with Crippen LogP contribution >= 0.6 is 0 Å². The topological polar surface area (TPSA) is 63.4 Å². The lowest BCUT2D eigenvalue weighted by molar-refractivity contribution is 0.320. The van der Waals surface area contributed by atoms with Gasteiger partial charge in [0.2, 0.25) is 10.0 Å². The van der Waals surface area contributed by atoms with Gasteiger partial charge in [-0.3, -0.25) is 0 Å². The van der Waals surface area contributed by atoms with Gasteiger partial charge in [-0.05, 0) is 56.8 Å². The predicted molar refractivity (Wildman–Crippen MR) is 85.7 cm³/mol. The zero-order chi connectivity index (χ0) is 15.5. The zero-order valence-electron chi connectivity index (χ0n) is 13.0. The van der Waals surface area contributed by atoms with Crippen LogP contribution in [0.5, 0.6) is 0 Å². The molecule has 0 radical (unpaired) electrons. The van der Waals surface area contributed by atoms with Crippen LogP contribution in [-0.2, 0) is 10.0 Å². The van der Waals surface area contributed by atoms with Crippen LogP contribution in [0, 0.1) is 13.8 Å². The SMILES string of the molecule is Cc1ccc(C)c(S(=O)(=O)N(CCCN)C2CCCC2)c1. The fraction of sp³-hybridized carbons (Fsp3) is 0.625. The Hall–Kier alpha value is -0.910. The van der Waals surface area contributed by atoms with Crippen LogP contribution in [0.25, 0.3) is 0 Å². The van der Waals surface area contributed by atoms with Crippen molar-refractivity contribution in [3.05, 3.63) is 29.3 Å². The van der Waals surface area contributed by atoms with E-state index in [1.165, 1.54) is 0 Å². The summed E-state index contributed by atoms with van der Waals surface area (Å²) < 4.78 is 27.9. The number of benzene rings is 1. The zero-order valence-corrected chi connectivity index (χ0v) is 13.8. The summed E-state index contributed by atoms with van der Waals surface area (Å²) in [6, 6.07) is 5.77. The molecule has 0 aromatic heterocycles. The molecule has 0 saturated heterocycles. The van der Waals surface area contributed by atoms with Gasteiger partial charge in [-0.1, -0.05) is 25.0 Å². The third-order valence-corrected chi connectivity index (χ3v) is 6.34. The molecule has 0 unspecified atom stereocenters. The average Bonchev–Trinajstić information content (AvgIpc) is 2.95. The van der Waals surface area contributed by atoms with E-state index in [2.05, 4.69) is 0 Å². The molecule has 0 aliphatic heterocycles. The molecule has 0 heterocycles. The van der Waals surface area contributed by atoms with E-state index in [0.29, 0.717) is 24.4 Å². The largest absolute Gasteiger partial charge is 0.330 e. The van der Waals surface area contributed by atoms with Crippen LogP contribution in [0.3, 0.4) is 0 Å². The van der Waals surface area contributed by atoms with Crippen molar-refractivity contribution in [1.82, 2.24) is 4.31 Å². The fourth-order valence-corrected chi connectivity index (χ4v) is 5.09. The molecule has 0 atom stereocenters. The summed E-state index contributed by atoms with van der Waals surface area (Å²) in [5, 5.41) is 0. The standard InChI is InChI=1S/C16H26N2O2S/c1-13-8-9-14(2)16(12-13)21(19,20)18(11-5-10-17)15-6-3-4-7-15/h8-9,12,15H,3-7,10-11,17H2,1-2H3. The number of rotatable bonds is 6. The second kappa shape index (κ2) is 6.90. The van der Waals surface area contributed by atoms with E-state index < -0.39 is 10.0 Å². The molecule has 118 valence electrons. The second-order valence-electron chi connectivity index (χ2n) is 5.97. The third kappa shape index (κ3) is 3.65. The summed E-state index contributed by atoms with van der Waals surface area (Å²) in [7, 11) is -3.43. The molecule has 2 N–H and O–H groups in total. The molecule has 0 spiro atoms. The minimum absolute atomic E-state index is 0.140. The molecule has 0 amide bonds. The molecule has 1 aliphatic rings. The Morgan fingerprint density at radius 1 is 1.24 bits per heavy atom. The monoisotopic (exact) mass is 310 g/mol. The summed E-state index contributed by atoms with van der Waals surface area (Å²) >= 11 is 0. The van der Waals surface area contributed by atoms with Crippen molar-refractivity contribution in [2.45, 2.75) is 56.9 Å². The fourth-order valence-electron chi connectivity index (χ4n) is 3.05. The van der Waals surface area contributed by atoms with Gasteiger partial charge in [0.05, 0.1) is 4.90 Å². The summed E-state index contributed by atoms with van der Waals surface area (Å²) in [6.45, 7) is 4.84. The Labute approximate surface area is 128 Å². The van der Waals surface area contributed by atoms with Crippen LogP contribution < -0.4 is 5.73 Å². The highest BCUT2D eigenvalue weighted by molar-refractivity contribution is 7.89. The van der Waals surface area contributed by atoms with Crippen molar-refractivity contribution >= 4 is 10.0 Å². The maximum Gasteiger partial charge on any atom is 0.243 e. The van der Waals surface area contributed by atoms with E-state index in [-0.39, 0.29) is 6.04 Å². The second-order valence-corrected chi connectivity index (χ2v) is 7.82. The van der Waals surface area contributed by atoms with Gasteiger partial charge < -0.3 is 5.73 Å². The number of hydrogen-bond donors (Lipinski definition) is 1. The minimum Gasteiger partial charge on any atom is -0.330 e. The predicted octanol–water partition coefficient (Wildman–Crippen LogP) is 2.59. The summed E-state index contributed by atoms with van der Waals surface area (Å²) in [5.41, 5.74) is 7.38. The number of aryl methyl sites for hydroxylation is 2. The van der Waals surface area contributed by atoms with Crippen molar-refractivity contribution in [2.75, 3.05) is 13.1 Å². The smallest absolute Gasteiger partial charge is 0.243 e. The average molecular weight is 310 g/mol. The molecule has 1 saturated carbocycles. The van der Waals surface area contributed by atoms with E-state index in [4.69, 9.17) is 5.73 Å². The highest BCUT2D eigenvalue weighted by atomic mass is 32.2. The quantitative estimate of drug-likeness (QED) is 0.878. The molecule has 21 heavy (non-hydrogen) atoms.